The van der Waals surface area contributed by atoms with Gasteiger partial charge in [-0.1, -0.05) is 11.6 Å². The van der Waals surface area contributed by atoms with E-state index in [-0.39, 0.29) is 11.8 Å². The molecule has 1 aromatic carbocycles. The topological polar surface area (TPSA) is 54.1 Å². The molecule has 112 valence electrons. The molecule has 4 nitrogen and oxygen atoms in total. The summed E-state index contributed by atoms with van der Waals surface area (Å²) in [5.74, 6) is 0.115. The molecule has 0 saturated carbocycles. The van der Waals surface area contributed by atoms with E-state index in [1.807, 2.05) is 24.4 Å². The van der Waals surface area contributed by atoms with E-state index in [0.717, 1.165) is 41.8 Å². The van der Waals surface area contributed by atoms with Crippen LogP contribution < -0.4 is 5.32 Å². The average Bonchev–Trinajstić information content (AvgIpc) is 2.90. The van der Waals surface area contributed by atoms with Gasteiger partial charge in [0.25, 0.3) is 0 Å². The molecule has 1 amide bonds. The first kappa shape index (κ1) is 14.4. The molecule has 0 spiro atoms. The molecule has 5 heteroatoms. The lowest BCUT2D eigenvalue weighted by Gasteiger charge is -2.21. The average molecular weight is 307 g/mol. The zero-order chi connectivity index (χ0) is 14.7. The number of halogens is 1. The van der Waals surface area contributed by atoms with Gasteiger partial charge in [0.2, 0.25) is 5.91 Å². The second-order valence-electron chi connectivity index (χ2n) is 5.46. The quantitative estimate of drug-likeness (QED) is 0.912. The molecule has 2 N–H and O–H groups in total. The molecule has 2 heterocycles. The maximum Gasteiger partial charge on any atom is 0.225 e. The van der Waals surface area contributed by atoms with Gasteiger partial charge in [0.15, 0.2) is 0 Å². The number of rotatable bonds is 4. The lowest BCUT2D eigenvalue weighted by molar-refractivity contribution is -0.128. The first-order valence-corrected chi connectivity index (χ1v) is 7.73. The molecule has 1 aliphatic rings. The van der Waals surface area contributed by atoms with E-state index >= 15 is 0 Å². The summed E-state index contributed by atoms with van der Waals surface area (Å²) in [7, 11) is 0. The molecule has 21 heavy (non-hydrogen) atoms. The molecule has 1 aromatic heterocycles. The number of carbonyl (C=O) groups excluding carboxylic acids is 1. The van der Waals surface area contributed by atoms with Crippen molar-refractivity contribution in [2.45, 2.75) is 19.3 Å². The van der Waals surface area contributed by atoms with Gasteiger partial charge in [-0.25, -0.2) is 0 Å². The van der Waals surface area contributed by atoms with Crippen molar-refractivity contribution in [3.63, 3.8) is 0 Å². The van der Waals surface area contributed by atoms with Crippen molar-refractivity contribution in [3.05, 3.63) is 35.0 Å². The number of aromatic nitrogens is 1. The van der Waals surface area contributed by atoms with Gasteiger partial charge in [-0.3, -0.25) is 4.79 Å². The highest BCUT2D eigenvalue weighted by Gasteiger charge is 2.21. The van der Waals surface area contributed by atoms with Gasteiger partial charge in [0.05, 0.1) is 12.5 Å². The second kappa shape index (κ2) is 6.50. The lowest BCUT2D eigenvalue weighted by atomic mass is 10.0. The summed E-state index contributed by atoms with van der Waals surface area (Å²) in [5.41, 5.74) is 2.24. The van der Waals surface area contributed by atoms with Crippen LogP contribution in [0.25, 0.3) is 10.9 Å². The van der Waals surface area contributed by atoms with Gasteiger partial charge in [-0.2, -0.15) is 0 Å². The number of carbonyl (C=O) groups is 1. The van der Waals surface area contributed by atoms with Crippen molar-refractivity contribution in [2.24, 2.45) is 5.92 Å². The summed E-state index contributed by atoms with van der Waals surface area (Å²) in [6, 6.07) is 5.80. The van der Waals surface area contributed by atoms with Crippen molar-refractivity contribution in [3.8, 4) is 0 Å². The maximum absolute atomic E-state index is 12.0. The van der Waals surface area contributed by atoms with Gasteiger partial charge in [-0.15, -0.1) is 0 Å². The first-order chi connectivity index (χ1) is 10.2. The van der Waals surface area contributed by atoms with Crippen LogP contribution in [0.15, 0.2) is 24.4 Å². The fraction of sp³-hybridized carbons (Fsp3) is 0.438. The zero-order valence-corrected chi connectivity index (χ0v) is 12.6. The monoisotopic (exact) mass is 306 g/mol. The molecular formula is C16H19ClN2O2. The Morgan fingerprint density at radius 1 is 1.48 bits per heavy atom. The number of aromatic amines is 1. The fourth-order valence-corrected chi connectivity index (χ4v) is 2.94. The van der Waals surface area contributed by atoms with Gasteiger partial charge in [-0.05, 0) is 43.0 Å². The molecular weight excluding hydrogens is 288 g/mol. The number of nitrogens with one attached hydrogen (secondary N) is 2. The number of hydrogen-bond acceptors (Lipinski definition) is 2. The minimum atomic E-state index is 0.0103. The predicted octanol–water partition coefficient (Wildman–Crippen LogP) is 2.91. The number of H-pyrrole nitrogens is 1. The summed E-state index contributed by atoms with van der Waals surface area (Å²) in [6.45, 7) is 1.96. The van der Waals surface area contributed by atoms with Crippen molar-refractivity contribution in [2.75, 3.05) is 19.8 Å². The Bertz CT molecular complexity index is 632. The normalized spacial score (nSPS) is 18.8. The highest BCUT2D eigenvalue weighted by molar-refractivity contribution is 6.31. The molecule has 0 radical (unpaired) electrons. The summed E-state index contributed by atoms with van der Waals surface area (Å²) >= 11 is 6.04. The van der Waals surface area contributed by atoms with E-state index in [2.05, 4.69) is 10.3 Å². The van der Waals surface area contributed by atoms with E-state index in [1.165, 1.54) is 5.56 Å². The number of benzene rings is 1. The third kappa shape index (κ3) is 3.39. The third-order valence-electron chi connectivity index (χ3n) is 3.95. The Hall–Kier alpha value is -1.52. The summed E-state index contributed by atoms with van der Waals surface area (Å²) < 4.78 is 5.35. The van der Waals surface area contributed by atoms with Crippen LogP contribution in [0.2, 0.25) is 5.02 Å². The Balaban J connectivity index is 1.56. The van der Waals surface area contributed by atoms with Gasteiger partial charge < -0.3 is 15.0 Å². The number of hydrogen-bond donors (Lipinski definition) is 2. The Morgan fingerprint density at radius 3 is 3.19 bits per heavy atom. The summed E-state index contributed by atoms with van der Waals surface area (Å²) in [5, 5.41) is 4.86. The van der Waals surface area contributed by atoms with E-state index in [4.69, 9.17) is 16.3 Å². The zero-order valence-electron chi connectivity index (χ0n) is 11.8. The molecule has 2 aromatic rings. The summed E-state index contributed by atoms with van der Waals surface area (Å²) in [4.78, 5) is 15.2. The largest absolute Gasteiger partial charge is 0.381 e. The van der Waals surface area contributed by atoms with Gasteiger partial charge in [0.1, 0.15) is 0 Å². The highest BCUT2D eigenvalue weighted by Crippen LogP contribution is 2.22. The van der Waals surface area contributed by atoms with Gasteiger partial charge in [0, 0.05) is 35.3 Å². The van der Waals surface area contributed by atoms with E-state index in [0.29, 0.717) is 13.2 Å². The fourth-order valence-electron chi connectivity index (χ4n) is 2.77. The Labute approximate surface area is 128 Å². The van der Waals surface area contributed by atoms with E-state index in [9.17, 15) is 4.79 Å². The van der Waals surface area contributed by atoms with Gasteiger partial charge >= 0.3 is 0 Å². The van der Waals surface area contributed by atoms with Crippen LogP contribution in [0, 0.1) is 5.92 Å². The molecule has 1 fully saturated rings. The molecule has 0 aliphatic carbocycles. The van der Waals surface area contributed by atoms with Crippen LogP contribution in [0.3, 0.4) is 0 Å². The van der Waals surface area contributed by atoms with Crippen molar-refractivity contribution in [1.29, 1.82) is 0 Å². The van der Waals surface area contributed by atoms with Crippen molar-refractivity contribution < 1.29 is 9.53 Å². The predicted molar refractivity (Wildman–Crippen MR) is 83.6 cm³/mol. The smallest absolute Gasteiger partial charge is 0.225 e. The second-order valence-corrected chi connectivity index (χ2v) is 5.90. The van der Waals surface area contributed by atoms with Crippen LogP contribution >= 0.6 is 11.6 Å². The summed E-state index contributed by atoms with van der Waals surface area (Å²) in [6.07, 6.45) is 4.67. The number of ether oxygens (including phenoxy) is 1. The molecule has 1 aliphatic heterocycles. The first-order valence-electron chi connectivity index (χ1n) is 7.35. The molecule has 0 bridgehead atoms. The minimum absolute atomic E-state index is 0.0103. The third-order valence-corrected chi connectivity index (χ3v) is 4.19. The Morgan fingerprint density at radius 2 is 2.38 bits per heavy atom. The molecule has 1 atom stereocenters. The standard InChI is InChI=1S/C16H19ClN2O2/c17-13-3-4-15-14(8-13)11(9-19-15)5-6-18-16(20)12-2-1-7-21-10-12/h3-4,8-9,12,19H,1-2,5-7,10H2,(H,18,20)/t12-/m1/s1. The van der Waals surface area contributed by atoms with Crippen LogP contribution in [-0.2, 0) is 16.0 Å². The van der Waals surface area contributed by atoms with E-state index < -0.39 is 0 Å². The van der Waals surface area contributed by atoms with Crippen LogP contribution in [-0.4, -0.2) is 30.6 Å². The Kier molecular flexibility index (Phi) is 4.46. The SMILES string of the molecule is O=C(NCCc1c[nH]c2ccc(Cl)cc12)[C@@H]1CCCOC1. The molecule has 3 rings (SSSR count). The number of fused-ring (bicyclic) bond motifs is 1. The van der Waals surface area contributed by atoms with Crippen molar-refractivity contribution >= 4 is 28.4 Å². The van der Waals surface area contributed by atoms with Crippen LogP contribution in [0.4, 0.5) is 0 Å². The highest BCUT2D eigenvalue weighted by atomic mass is 35.5. The van der Waals surface area contributed by atoms with Crippen molar-refractivity contribution in [1.82, 2.24) is 10.3 Å². The lowest BCUT2D eigenvalue weighted by Crippen LogP contribution is -2.36. The number of amides is 1. The molecule has 0 unspecified atom stereocenters. The van der Waals surface area contributed by atoms with Crippen LogP contribution in [0.1, 0.15) is 18.4 Å². The maximum atomic E-state index is 12.0. The van der Waals surface area contributed by atoms with E-state index in [1.54, 1.807) is 0 Å². The van der Waals surface area contributed by atoms with Crippen LogP contribution in [0.5, 0.6) is 0 Å². The minimum Gasteiger partial charge on any atom is -0.381 e. The molecule has 1 saturated heterocycles.